The van der Waals surface area contributed by atoms with Crippen LogP contribution >= 0.6 is 0 Å². The first kappa shape index (κ1) is 20.0. The Kier molecular flexibility index (Phi) is 7.00. The molecule has 6 heteroatoms. The number of hydrogen-bond donors (Lipinski definition) is 1. The number of amides is 1. The Morgan fingerprint density at radius 3 is 2.11 bits per heavy atom. The Morgan fingerprint density at radius 2 is 1.56 bits per heavy atom. The molecule has 2 aromatic rings. The smallest absolute Gasteiger partial charge is 0.338 e. The number of benzene rings is 2. The molecule has 0 atom stereocenters. The van der Waals surface area contributed by atoms with Crippen LogP contribution < -0.4 is 5.32 Å². The monoisotopic (exact) mass is 367 g/mol. The lowest BCUT2D eigenvalue weighted by atomic mass is 10.1. The number of carbonyl (C=O) groups excluding carboxylic acids is 4. The largest absolute Gasteiger partial charge is 0.454 e. The lowest BCUT2D eigenvalue weighted by molar-refractivity contribution is -0.116. The van der Waals surface area contributed by atoms with Crippen LogP contribution in [0.2, 0.25) is 0 Å². The molecule has 1 N–H and O–H groups in total. The number of hydrogen-bond acceptors (Lipinski definition) is 5. The molecule has 1 amide bonds. The highest BCUT2D eigenvalue weighted by atomic mass is 16.5. The van der Waals surface area contributed by atoms with E-state index in [4.69, 9.17) is 4.74 Å². The Balaban J connectivity index is 1.88. The summed E-state index contributed by atoms with van der Waals surface area (Å²) in [6.07, 6.45) is 1.10. The molecule has 0 aliphatic carbocycles. The molecule has 0 heterocycles. The molecule has 0 spiro atoms. The second-order valence-corrected chi connectivity index (χ2v) is 6.46. The summed E-state index contributed by atoms with van der Waals surface area (Å²) in [5.41, 5.74) is 1.69. The van der Waals surface area contributed by atoms with Gasteiger partial charge in [0.15, 0.2) is 12.4 Å². The molecule has 0 unspecified atom stereocenters. The number of esters is 1. The number of nitrogens with one attached hydrogen (secondary N) is 1. The van der Waals surface area contributed by atoms with Crippen LogP contribution in [-0.2, 0) is 9.53 Å². The third kappa shape index (κ3) is 6.18. The summed E-state index contributed by atoms with van der Waals surface area (Å²) in [4.78, 5) is 46.4. The van der Waals surface area contributed by atoms with E-state index in [2.05, 4.69) is 5.32 Å². The second-order valence-electron chi connectivity index (χ2n) is 6.46. The van der Waals surface area contributed by atoms with Gasteiger partial charge in [-0.05, 0) is 42.3 Å². The van der Waals surface area contributed by atoms with Crippen LogP contribution in [0, 0.1) is 5.92 Å². The standard InChI is InChI=1S/C21H21NO5/c1-14(2)11-20(25)22-18-9-7-16(8-10-18)19(24)13-27-21(26)17-5-3-15(12-23)4-6-17/h3-10,12,14H,11,13H2,1-2H3,(H,22,25). The zero-order valence-electron chi connectivity index (χ0n) is 15.2. The van der Waals surface area contributed by atoms with Crippen LogP contribution in [0.25, 0.3) is 0 Å². The molecule has 0 fully saturated rings. The molecule has 0 aromatic heterocycles. The van der Waals surface area contributed by atoms with Crippen molar-refractivity contribution in [3.8, 4) is 0 Å². The predicted molar refractivity (Wildman–Crippen MR) is 101 cm³/mol. The van der Waals surface area contributed by atoms with E-state index in [1.54, 1.807) is 24.3 Å². The second kappa shape index (κ2) is 9.43. The summed E-state index contributed by atoms with van der Waals surface area (Å²) in [5, 5.41) is 2.76. The topological polar surface area (TPSA) is 89.5 Å². The van der Waals surface area contributed by atoms with Crippen LogP contribution in [0.5, 0.6) is 0 Å². The number of anilines is 1. The van der Waals surface area contributed by atoms with Gasteiger partial charge in [-0.3, -0.25) is 14.4 Å². The Hall–Kier alpha value is -3.28. The van der Waals surface area contributed by atoms with Crippen molar-refractivity contribution in [3.63, 3.8) is 0 Å². The average Bonchev–Trinajstić information content (AvgIpc) is 2.65. The minimum absolute atomic E-state index is 0.0846. The van der Waals surface area contributed by atoms with Crippen molar-refractivity contribution in [1.82, 2.24) is 0 Å². The highest BCUT2D eigenvalue weighted by molar-refractivity contribution is 6.00. The fourth-order valence-electron chi connectivity index (χ4n) is 2.32. The van der Waals surface area contributed by atoms with Gasteiger partial charge >= 0.3 is 5.97 Å². The lowest BCUT2D eigenvalue weighted by Gasteiger charge is -2.08. The van der Waals surface area contributed by atoms with Gasteiger partial charge < -0.3 is 10.1 Å². The van der Waals surface area contributed by atoms with E-state index in [0.29, 0.717) is 29.5 Å². The Bertz CT molecular complexity index is 823. The van der Waals surface area contributed by atoms with Crippen LogP contribution in [0.3, 0.4) is 0 Å². The van der Waals surface area contributed by atoms with Gasteiger partial charge in [0, 0.05) is 23.2 Å². The first-order valence-corrected chi connectivity index (χ1v) is 8.54. The number of aldehydes is 1. The molecule has 0 aliphatic heterocycles. The summed E-state index contributed by atoms with van der Waals surface area (Å²) in [7, 11) is 0. The third-order valence-electron chi connectivity index (χ3n) is 3.70. The molecule has 27 heavy (non-hydrogen) atoms. The average molecular weight is 367 g/mol. The zero-order chi connectivity index (χ0) is 19.8. The maximum atomic E-state index is 12.1. The zero-order valence-corrected chi connectivity index (χ0v) is 15.2. The normalized spacial score (nSPS) is 10.3. The minimum atomic E-state index is -0.640. The molecule has 0 saturated carbocycles. The first-order chi connectivity index (χ1) is 12.9. The summed E-state index contributed by atoms with van der Waals surface area (Å²) >= 11 is 0. The summed E-state index contributed by atoms with van der Waals surface area (Å²) in [6, 6.07) is 12.3. The van der Waals surface area contributed by atoms with Crippen molar-refractivity contribution in [3.05, 3.63) is 65.2 Å². The fraction of sp³-hybridized carbons (Fsp3) is 0.238. The van der Waals surface area contributed by atoms with Crippen molar-refractivity contribution in [2.75, 3.05) is 11.9 Å². The predicted octanol–water partition coefficient (Wildman–Crippen LogP) is 3.52. The summed E-state index contributed by atoms with van der Waals surface area (Å²) < 4.78 is 5.01. The van der Waals surface area contributed by atoms with Gasteiger partial charge in [-0.25, -0.2) is 4.79 Å². The van der Waals surface area contributed by atoms with E-state index in [9.17, 15) is 19.2 Å². The number of Topliss-reactive ketones (excluding diaryl/α,β-unsaturated/α-hetero) is 1. The molecule has 6 nitrogen and oxygen atoms in total. The van der Waals surface area contributed by atoms with Crippen LogP contribution in [-0.4, -0.2) is 30.6 Å². The van der Waals surface area contributed by atoms with E-state index in [0.717, 1.165) is 0 Å². The van der Waals surface area contributed by atoms with Crippen molar-refractivity contribution in [1.29, 1.82) is 0 Å². The van der Waals surface area contributed by atoms with E-state index >= 15 is 0 Å². The SMILES string of the molecule is CC(C)CC(=O)Nc1ccc(C(=O)COC(=O)c2ccc(C=O)cc2)cc1. The van der Waals surface area contributed by atoms with Gasteiger partial charge in [-0.2, -0.15) is 0 Å². The van der Waals surface area contributed by atoms with Gasteiger partial charge in [-0.1, -0.05) is 26.0 Å². The van der Waals surface area contributed by atoms with E-state index in [1.807, 2.05) is 13.8 Å². The molecule has 0 aliphatic rings. The third-order valence-corrected chi connectivity index (χ3v) is 3.70. The van der Waals surface area contributed by atoms with Gasteiger partial charge in [0.25, 0.3) is 0 Å². The van der Waals surface area contributed by atoms with Crippen molar-refractivity contribution in [2.45, 2.75) is 20.3 Å². The number of rotatable bonds is 8. The van der Waals surface area contributed by atoms with Gasteiger partial charge in [-0.15, -0.1) is 0 Å². The molecular weight excluding hydrogens is 346 g/mol. The van der Waals surface area contributed by atoms with Crippen molar-refractivity contribution < 1.29 is 23.9 Å². The fourth-order valence-corrected chi connectivity index (χ4v) is 2.32. The quantitative estimate of drug-likeness (QED) is 0.438. The number of ketones is 1. The van der Waals surface area contributed by atoms with Crippen LogP contribution in [0.15, 0.2) is 48.5 Å². The number of carbonyl (C=O) groups is 4. The molecule has 140 valence electrons. The van der Waals surface area contributed by atoms with Gasteiger partial charge in [0.05, 0.1) is 5.56 Å². The minimum Gasteiger partial charge on any atom is -0.454 e. The first-order valence-electron chi connectivity index (χ1n) is 8.54. The molecule has 0 saturated heterocycles. The van der Waals surface area contributed by atoms with Gasteiger partial charge in [0.2, 0.25) is 5.91 Å². The van der Waals surface area contributed by atoms with Crippen LogP contribution in [0.1, 0.15) is 51.3 Å². The molecule has 2 aromatic carbocycles. The molecular formula is C21H21NO5. The lowest BCUT2D eigenvalue weighted by Crippen LogP contribution is -2.15. The van der Waals surface area contributed by atoms with Crippen LogP contribution in [0.4, 0.5) is 5.69 Å². The summed E-state index contributed by atoms with van der Waals surface area (Å²) in [5.74, 6) is -0.819. The maximum Gasteiger partial charge on any atom is 0.338 e. The van der Waals surface area contributed by atoms with Crippen molar-refractivity contribution >= 4 is 29.6 Å². The van der Waals surface area contributed by atoms with E-state index in [-0.39, 0.29) is 23.2 Å². The van der Waals surface area contributed by atoms with Crippen molar-refractivity contribution in [2.24, 2.45) is 5.92 Å². The Morgan fingerprint density at radius 1 is 0.963 bits per heavy atom. The molecule has 0 bridgehead atoms. The van der Waals surface area contributed by atoms with E-state index < -0.39 is 12.6 Å². The molecule has 0 radical (unpaired) electrons. The Labute approximate surface area is 157 Å². The number of ether oxygens (including phenoxy) is 1. The highest BCUT2D eigenvalue weighted by Gasteiger charge is 2.12. The maximum absolute atomic E-state index is 12.1. The van der Waals surface area contributed by atoms with E-state index in [1.165, 1.54) is 24.3 Å². The molecule has 2 rings (SSSR count). The highest BCUT2D eigenvalue weighted by Crippen LogP contribution is 2.12. The van der Waals surface area contributed by atoms with Gasteiger partial charge in [0.1, 0.15) is 6.29 Å². The summed E-state index contributed by atoms with van der Waals surface area (Å²) in [6.45, 7) is 3.52.